The molecule has 8 heteroatoms. The van der Waals surface area contributed by atoms with E-state index in [1.54, 1.807) is 13.8 Å². The fourth-order valence-electron chi connectivity index (χ4n) is 13.6. The van der Waals surface area contributed by atoms with E-state index in [1.807, 2.05) is 0 Å². The molecule has 8 nitrogen and oxygen atoms in total. The lowest BCUT2D eigenvalue weighted by molar-refractivity contribution is -0.235. The molecular formula is C43H70N2O6. The molecule has 0 aromatic heterocycles. The molecule has 1 heterocycles. The summed E-state index contributed by atoms with van der Waals surface area (Å²) >= 11 is 0. The third kappa shape index (κ3) is 6.08. The molecule has 0 radical (unpaired) electrons. The van der Waals surface area contributed by atoms with Gasteiger partial charge in [0, 0.05) is 36.9 Å². The number of rotatable bonds is 8. The van der Waals surface area contributed by atoms with Gasteiger partial charge in [0.1, 0.15) is 6.10 Å². The van der Waals surface area contributed by atoms with E-state index in [0.717, 1.165) is 89.5 Å². The number of esters is 1. The predicted octanol–water partition coefficient (Wildman–Crippen LogP) is 7.38. The third-order valence-corrected chi connectivity index (χ3v) is 16.7. The fraction of sp³-hybridized carbons (Fsp3) is 0.884. The zero-order valence-electron chi connectivity index (χ0n) is 33.7. The van der Waals surface area contributed by atoms with Crippen molar-refractivity contribution >= 4 is 17.7 Å². The second-order valence-corrected chi connectivity index (χ2v) is 20.5. The molecule has 1 saturated heterocycles. The number of fused-ring (bicyclic) bond motifs is 7. The number of Topliss-reactive ketones (excluding diaryl/α,β-unsaturated/α-hetero) is 1. The van der Waals surface area contributed by atoms with Crippen molar-refractivity contribution in [3.05, 3.63) is 11.1 Å². The van der Waals surface area contributed by atoms with Crippen LogP contribution in [0, 0.1) is 56.2 Å². The highest BCUT2D eigenvalue weighted by atomic mass is 16.5. The molecular weight excluding hydrogens is 640 g/mol. The summed E-state index contributed by atoms with van der Waals surface area (Å²) in [5.41, 5.74) is 0.741. The van der Waals surface area contributed by atoms with Gasteiger partial charge in [0.15, 0.2) is 5.78 Å². The Morgan fingerprint density at radius 2 is 1.61 bits per heavy atom. The van der Waals surface area contributed by atoms with Crippen LogP contribution in [-0.4, -0.2) is 89.7 Å². The number of aliphatic hydroxyl groups is 1. The molecule has 288 valence electrons. The van der Waals surface area contributed by atoms with Crippen LogP contribution in [0.5, 0.6) is 0 Å². The van der Waals surface area contributed by atoms with Crippen molar-refractivity contribution in [1.82, 2.24) is 9.80 Å². The lowest BCUT2D eigenvalue weighted by Crippen LogP contribution is -2.66. The number of nitrogens with zero attached hydrogens (tertiary/aromatic N) is 2. The van der Waals surface area contributed by atoms with Gasteiger partial charge in [-0.3, -0.25) is 19.3 Å². The number of ketones is 1. The maximum atomic E-state index is 14.1. The average molecular weight is 711 g/mol. The van der Waals surface area contributed by atoms with Gasteiger partial charge < -0.3 is 19.8 Å². The van der Waals surface area contributed by atoms with E-state index in [1.165, 1.54) is 5.57 Å². The summed E-state index contributed by atoms with van der Waals surface area (Å²) in [6, 6.07) is 0. The van der Waals surface area contributed by atoms with Crippen LogP contribution in [0.15, 0.2) is 11.1 Å². The van der Waals surface area contributed by atoms with Crippen molar-refractivity contribution in [1.29, 1.82) is 0 Å². The average Bonchev–Trinajstić information content (AvgIpc) is 3.19. The van der Waals surface area contributed by atoms with Crippen LogP contribution in [0.4, 0.5) is 0 Å². The Balaban J connectivity index is 1.28. The predicted molar refractivity (Wildman–Crippen MR) is 200 cm³/mol. The van der Waals surface area contributed by atoms with Gasteiger partial charge in [-0.2, -0.15) is 0 Å². The Bertz CT molecular complexity index is 1430. The number of allylic oxidation sites excluding steroid dienone is 1. The Morgan fingerprint density at radius 1 is 0.902 bits per heavy atom. The van der Waals surface area contributed by atoms with Crippen molar-refractivity contribution < 1.29 is 29.3 Å². The van der Waals surface area contributed by atoms with Crippen LogP contribution < -0.4 is 0 Å². The molecule has 0 spiro atoms. The highest BCUT2D eigenvalue weighted by Crippen LogP contribution is 2.77. The number of ether oxygens (including phenoxy) is 1. The van der Waals surface area contributed by atoms with Crippen molar-refractivity contribution in [3.8, 4) is 0 Å². The van der Waals surface area contributed by atoms with E-state index in [9.17, 15) is 24.6 Å². The Morgan fingerprint density at radius 3 is 2.27 bits per heavy atom. The Hall–Kier alpha value is -1.77. The van der Waals surface area contributed by atoms with E-state index >= 15 is 0 Å². The van der Waals surface area contributed by atoms with Crippen LogP contribution >= 0.6 is 0 Å². The molecule has 0 aromatic rings. The number of carboxylic acids is 1. The molecule has 6 rings (SSSR count). The van der Waals surface area contributed by atoms with Crippen LogP contribution in [0.1, 0.15) is 133 Å². The zero-order chi connectivity index (χ0) is 37.5. The number of aliphatic carboxylic acids is 1. The van der Waals surface area contributed by atoms with Crippen LogP contribution in [0.2, 0.25) is 0 Å². The number of carbonyl (C=O) groups excluding carboxylic acids is 2. The van der Waals surface area contributed by atoms with Crippen LogP contribution in [0.25, 0.3) is 0 Å². The second kappa shape index (κ2) is 13.2. The van der Waals surface area contributed by atoms with Gasteiger partial charge in [0.25, 0.3) is 0 Å². The zero-order valence-corrected chi connectivity index (χ0v) is 33.7. The number of β-amino-alcohol motifs (C(OH)–C–C–N with tert-alkyl or cyclic N) is 1. The number of aliphatic hydroxyl groups excluding tert-OH is 1. The van der Waals surface area contributed by atoms with Crippen molar-refractivity contribution in [2.45, 2.75) is 145 Å². The summed E-state index contributed by atoms with van der Waals surface area (Å²) in [4.78, 5) is 43.8. The smallest absolute Gasteiger partial charge is 0.309 e. The molecule has 5 fully saturated rings. The number of hydrogen-bond donors (Lipinski definition) is 2. The molecule has 4 saturated carbocycles. The van der Waals surface area contributed by atoms with E-state index in [0.29, 0.717) is 30.7 Å². The van der Waals surface area contributed by atoms with E-state index in [-0.39, 0.29) is 45.9 Å². The lowest BCUT2D eigenvalue weighted by Gasteiger charge is -2.72. The first kappa shape index (κ1) is 38.9. The lowest BCUT2D eigenvalue weighted by atomic mass is 9.33. The van der Waals surface area contributed by atoms with Gasteiger partial charge >= 0.3 is 11.9 Å². The minimum atomic E-state index is -1.16. The summed E-state index contributed by atoms with van der Waals surface area (Å²) in [6.45, 7) is 24.5. The third-order valence-electron chi connectivity index (χ3n) is 16.7. The SMILES string of the molecule is CC(C)C1=C2[C@H]3CCC4[C@@]5(C)CC[C@H](OC(=O)CC(C)(C)C(=O)O)C(C)(C)[C@@H]5CC[C@@]4(C)[C@]3(C)CC[C@@]2([C@@H](O)CN2CCCN(C)CC2)CC1=O. The summed E-state index contributed by atoms with van der Waals surface area (Å²) in [5.74, 6) is 0.233. The van der Waals surface area contributed by atoms with E-state index < -0.39 is 28.9 Å². The number of likely N-dealkylation sites (N-methyl/N-ethyl adjacent to an activating group) is 1. The molecule has 9 atom stereocenters. The molecule has 51 heavy (non-hydrogen) atoms. The van der Waals surface area contributed by atoms with Gasteiger partial charge in [-0.05, 0) is 137 Å². The van der Waals surface area contributed by atoms with Gasteiger partial charge in [-0.15, -0.1) is 0 Å². The summed E-state index contributed by atoms with van der Waals surface area (Å²) in [6.07, 6.45) is 8.74. The van der Waals surface area contributed by atoms with Crippen molar-refractivity contribution in [2.75, 3.05) is 39.8 Å². The van der Waals surface area contributed by atoms with Crippen LogP contribution in [-0.2, 0) is 19.1 Å². The van der Waals surface area contributed by atoms with Gasteiger partial charge in [0.2, 0.25) is 0 Å². The molecule has 0 amide bonds. The monoisotopic (exact) mass is 711 g/mol. The summed E-state index contributed by atoms with van der Waals surface area (Å²) in [5, 5.41) is 22.0. The van der Waals surface area contributed by atoms with E-state index in [2.05, 4.69) is 65.3 Å². The first-order valence-corrected chi connectivity index (χ1v) is 20.4. The first-order valence-electron chi connectivity index (χ1n) is 20.4. The fourth-order valence-corrected chi connectivity index (χ4v) is 13.6. The topological polar surface area (TPSA) is 107 Å². The minimum Gasteiger partial charge on any atom is -0.481 e. The summed E-state index contributed by atoms with van der Waals surface area (Å²) in [7, 11) is 2.18. The minimum absolute atomic E-state index is 0.0222. The van der Waals surface area contributed by atoms with Gasteiger partial charge in [-0.1, -0.05) is 54.0 Å². The highest BCUT2D eigenvalue weighted by molar-refractivity contribution is 6.00. The molecule has 1 unspecified atom stereocenters. The molecule has 1 aliphatic heterocycles. The largest absolute Gasteiger partial charge is 0.481 e. The number of carboxylic acid groups (broad SMARTS) is 1. The van der Waals surface area contributed by atoms with Crippen molar-refractivity contribution in [3.63, 3.8) is 0 Å². The van der Waals surface area contributed by atoms with E-state index in [4.69, 9.17) is 4.74 Å². The molecule has 0 bridgehead atoms. The Kier molecular flexibility index (Phi) is 10.1. The quantitative estimate of drug-likeness (QED) is 0.252. The number of hydrogen-bond acceptors (Lipinski definition) is 7. The molecule has 6 aliphatic rings. The number of carbonyl (C=O) groups is 3. The summed E-state index contributed by atoms with van der Waals surface area (Å²) < 4.78 is 6.18. The van der Waals surface area contributed by atoms with Crippen LogP contribution in [0.3, 0.4) is 0 Å². The highest BCUT2D eigenvalue weighted by Gasteiger charge is 2.70. The standard InChI is InChI=1S/C43H70N2O6/c1-27(2)35-29(46)24-43(32(47)26-45-21-11-20-44(10)22-23-45)19-18-41(8)28(36(35)43)12-13-31-40(7)16-15-33(51-34(48)25-38(3,4)37(49)50)39(5,6)30(40)14-17-42(31,41)9/h27-28,30-33,47H,11-26H2,1-10H3,(H,49,50)/t28-,30+,31?,32+,33+,40+,41-,42-,43+/m1/s1. The van der Waals surface area contributed by atoms with Crippen molar-refractivity contribution in [2.24, 2.45) is 56.2 Å². The maximum absolute atomic E-state index is 14.1. The first-order chi connectivity index (χ1) is 23.6. The van der Waals surface area contributed by atoms with Gasteiger partial charge in [0.05, 0.1) is 17.9 Å². The molecule has 0 aromatic carbocycles. The normalized spacial score (nSPS) is 40.9. The maximum Gasteiger partial charge on any atom is 0.309 e. The Labute approximate surface area is 308 Å². The second-order valence-electron chi connectivity index (χ2n) is 20.5. The molecule has 2 N–H and O–H groups in total. The molecule has 5 aliphatic carbocycles. The van der Waals surface area contributed by atoms with Gasteiger partial charge in [-0.25, -0.2) is 0 Å².